The van der Waals surface area contributed by atoms with E-state index in [2.05, 4.69) is 54.1 Å². The van der Waals surface area contributed by atoms with Crippen LogP contribution < -0.4 is 0 Å². The largest absolute Gasteiger partial charge is 0.541 e. The maximum absolute atomic E-state index is 12.1. The van der Waals surface area contributed by atoms with Crippen molar-refractivity contribution in [2.45, 2.75) is 53.7 Å². The maximum atomic E-state index is 12.1. The monoisotopic (exact) mass is 512 g/mol. The second-order valence-electron chi connectivity index (χ2n) is 9.52. The molecule has 2 aromatic heterocycles. The van der Waals surface area contributed by atoms with Gasteiger partial charge in [0, 0.05) is 58.0 Å². The molecule has 0 saturated carbocycles. The van der Waals surface area contributed by atoms with Crippen molar-refractivity contribution in [2.75, 3.05) is 19.7 Å². The molecule has 30 heavy (non-hydrogen) atoms. The first kappa shape index (κ1) is 25.3. The van der Waals surface area contributed by atoms with Gasteiger partial charge in [-0.3, -0.25) is 11.2 Å². The van der Waals surface area contributed by atoms with Crippen LogP contribution in [0.1, 0.15) is 45.9 Å². The number of hydrogen-bond acceptors (Lipinski definition) is 6. The fourth-order valence-corrected chi connectivity index (χ4v) is 4.87. The fourth-order valence-electron chi connectivity index (χ4n) is 3.87. The summed E-state index contributed by atoms with van der Waals surface area (Å²) in [6.45, 7) is 13.7. The molecule has 7 heteroatoms. The van der Waals surface area contributed by atoms with E-state index in [1.54, 1.807) is 23.7 Å². The quantitative estimate of drug-likeness (QED) is 0.403. The maximum Gasteiger partial charge on any atom is 0.169 e. The second kappa shape index (κ2) is 10.6. The van der Waals surface area contributed by atoms with Gasteiger partial charge in [0.1, 0.15) is 0 Å². The molecule has 0 amide bonds. The molecule has 1 fully saturated rings. The number of hydrogen-bond donors (Lipinski definition) is 0. The summed E-state index contributed by atoms with van der Waals surface area (Å²) in [7, 11) is 0. The molecule has 0 aromatic carbocycles. The molecule has 0 radical (unpaired) electrons. The van der Waals surface area contributed by atoms with E-state index in [4.69, 9.17) is 4.74 Å². The number of nitrogens with zero attached hydrogens (tertiary/aromatic N) is 3. The van der Waals surface area contributed by atoms with Crippen molar-refractivity contribution in [1.29, 1.82) is 0 Å². The number of carbonyl (C=O) groups excluding carboxylic acids is 1. The van der Waals surface area contributed by atoms with Gasteiger partial charge < -0.3 is 9.53 Å². The first-order valence-electron chi connectivity index (χ1n) is 10.3. The summed E-state index contributed by atoms with van der Waals surface area (Å²) >= 11 is 1.72. The summed E-state index contributed by atoms with van der Waals surface area (Å²) in [6.07, 6.45) is 6.86. The number of thiophene rings is 1. The Morgan fingerprint density at radius 1 is 1.30 bits per heavy atom. The third kappa shape index (κ3) is 6.53. The first-order chi connectivity index (χ1) is 13.7. The summed E-state index contributed by atoms with van der Waals surface area (Å²) in [4.78, 5) is 25.5. The van der Waals surface area contributed by atoms with E-state index in [1.807, 2.05) is 19.9 Å². The minimum absolute atomic E-state index is 0. The van der Waals surface area contributed by atoms with Crippen molar-refractivity contribution in [2.24, 2.45) is 16.7 Å². The van der Waals surface area contributed by atoms with Crippen LogP contribution in [0.3, 0.4) is 0 Å². The molecule has 1 aliphatic rings. The van der Waals surface area contributed by atoms with Crippen molar-refractivity contribution >= 4 is 17.6 Å². The molecular formula is C23H32MoN3O2S-. The van der Waals surface area contributed by atoms with E-state index in [0.717, 1.165) is 30.2 Å². The standard InChI is InChI=1S/C23H32N3O2S.Mo/c1-17(2)28-16-23(15-27)11-18(22(3,4)5)12-26(14-23)13-19-7-8-20(29-19)21-24-9-6-10-25-21;/h6-10,17-18H,11-14,16H2,1-5H3;/q-1;/t18-,23+;/m1./s1. The molecule has 5 nitrogen and oxygen atoms in total. The van der Waals surface area contributed by atoms with Gasteiger partial charge in [-0.05, 0) is 49.9 Å². The molecule has 1 saturated heterocycles. The van der Waals surface area contributed by atoms with E-state index in [-0.39, 0.29) is 32.6 Å². The second-order valence-corrected chi connectivity index (χ2v) is 10.7. The van der Waals surface area contributed by atoms with Gasteiger partial charge in [0.25, 0.3) is 0 Å². The molecule has 3 rings (SSSR count). The average molecular weight is 511 g/mol. The number of aromatic nitrogens is 2. The Morgan fingerprint density at radius 3 is 2.60 bits per heavy atom. The number of piperidine rings is 1. The topological polar surface area (TPSA) is 55.3 Å². The molecular weight excluding hydrogens is 478 g/mol. The van der Waals surface area contributed by atoms with Crippen LogP contribution in [0.5, 0.6) is 0 Å². The smallest absolute Gasteiger partial charge is 0.169 e. The van der Waals surface area contributed by atoms with Crippen molar-refractivity contribution < 1.29 is 30.6 Å². The van der Waals surface area contributed by atoms with E-state index in [9.17, 15) is 4.79 Å². The van der Waals surface area contributed by atoms with Gasteiger partial charge in [0.2, 0.25) is 0 Å². The van der Waals surface area contributed by atoms with E-state index >= 15 is 0 Å². The Balaban J connectivity index is 0.00000320. The average Bonchev–Trinajstić information content (AvgIpc) is 3.15. The number of ether oxygens (including phenoxy) is 1. The molecule has 0 spiro atoms. The van der Waals surface area contributed by atoms with Gasteiger partial charge >= 0.3 is 0 Å². The van der Waals surface area contributed by atoms with Crippen molar-refractivity contribution in [1.82, 2.24) is 14.9 Å². The third-order valence-electron chi connectivity index (χ3n) is 5.60. The minimum atomic E-state index is -0.566. The van der Waals surface area contributed by atoms with Crippen LogP contribution in [0.4, 0.5) is 0 Å². The summed E-state index contributed by atoms with van der Waals surface area (Å²) in [5, 5.41) is 0. The molecule has 2 atom stereocenters. The van der Waals surface area contributed by atoms with Crippen LogP contribution in [0, 0.1) is 16.7 Å². The van der Waals surface area contributed by atoms with Gasteiger partial charge in [0.15, 0.2) is 5.82 Å². The first-order valence-corrected chi connectivity index (χ1v) is 11.1. The van der Waals surface area contributed by atoms with Crippen LogP contribution in [-0.4, -0.2) is 47.0 Å². The zero-order valence-electron chi connectivity index (χ0n) is 18.6. The van der Waals surface area contributed by atoms with Gasteiger partial charge in [-0.2, -0.15) is 0 Å². The molecule has 0 aliphatic carbocycles. The Kier molecular flexibility index (Phi) is 8.93. The molecule has 0 unspecified atom stereocenters. The fraction of sp³-hybridized carbons (Fsp3) is 0.609. The van der Waals surface area contributed by atoms with Crippen LogP contribution >= 0.6 is 11.3 Å². The molecule has 3 heterocycles. The molecule has 164 valence electrons. The van der Waals surface area contributed by atoms with Crippen LogP contribution in [0.15, 0.2) is 30.6 Å². The predicted octanol–water partition coefficient (Wildman–Crippen LogP) is 4.59. The summed E-state index contributed by atoms with van der Waals surface area (Å²) in [5.74, 6) is 1.17. The Morgan fingerprint density at radius 2 is 2.00 bits per heavy atom. The van der Waals surface area contributed by atoms with Crippen LogP contribution in [0.25, 0.3) is 10.7 Å². The van der Waals surface area contributed by atoms with Crippen LogP contribution in [0.2, 0.25) is 0 Å². The summed E-state index contributed by atoms with van der Waals surface area (Å²) < 4.78 is 5.89. The van der Waals surface area contributed by atoms with Crippen molar-refractivity contribution in [3.63, 3.8) is 0 Å². The van der Waals surface area contributed by atoms with Gasteiger partial charge in [0.05, 0.1) is 11.0 Å². The molecule has 0 N–H and O–H groups in total. The Hall–Kier alpha value is -0.942. The van der Waals surface area contributed by atoms with Crippen molar-refractivity contribution in [3.8, 4) is 10.7 Å². The summed E-state index contributed by atoms with van der Waals surface area (Å²) in [6, 6.07) is 6.06. The zero-order chi connectivity index (χ0) is 21.1. The number of likely N-dealkylation sites (tertiary alicyclic amines) is 1. The van der Waals surface area contributed by atoms with Gasteiger partial charge in [-0.25, -0.2) is 9.97 Å². The SMILES string of the molecule is CC(C)OC[C@@]1([C-]=O)C[C@@H](C(C)(C)C)CN(Cc2ccc(-c3ncccn3)s2)C1.[Mo]. The van der Waals surface area contributed by atoms with E-state index < -0.39 is 5.41 Å². The molecule has 2 aromatic rings. The minimum Gasteiger partial charge on any atom is -0.541 e. The molecule has 0 bridgehead atoms. The van der Waals surface area contributed by atoms with Crippen molar-refractivity contribution in [3.05, 3.63) is 35.5 Å². The van der Waals surface area contributed by atoms with Crippen LogP contribution in [-0.2, 0) is 37.1 Å². The summed E-state index contributed by atoms with van der Waals surface area (Å²) in [5.41, 5.74) is -0.444. The van der Waals surface area contributed by atoms with Gasteiger partial charge in [-0.15, -0.1) is 11.3 Å². The third-order valence-corrected chi connectivity index (χ3v) is 6.67. The van der Waals surface area contributed by atoms with Gasteiger partial charge in [-0.1, -0.05) is 32.6 Å². The predicted molar refractivity (Wildman–Crippen MR) is 117 cm³/mol. The van der Waals surface area contributed by atoms with E-state index in [0.29, 0.717) is 19.1 Å². The Bertz CT molecular complexity index is 806. The number of rotatable bonds is 7. The zero-order valence-corrected chi connectivity index (χ0v) is 21.4. The normalized spacial score (nSPS) is 22.7. The Labute approximate surface area is 198 Å². The molecule has 1 aliphatic heterocycles. The van der Waals surface area contributed by atoms with E-state index in [1.165, 1.54) is 4.88 Å².